The van der Waals surface area contributed by atoms with Gasteiger partial charge in [-0.25, -0.2) is 0 Å². The molecule has 80 valence electrons. The summed E-state index contributed by atoms with van der Waals surface area (Å²) in [7, 11) is 0. The van der Waals surface area contributed by atoms with E-state index >= 15 is 0 Å². The molecule has 1 unspecified atom stereocenters. The third-order valence-electron chi connectivity index (χ3n) is 2.44. The topological polar surface area (TPSA) is 40.5 Å². The number of carbonyl (C=O) groups excluding carboxylic acids is 1. The van der Waals surface area contributed by atoms with Crippen LogP contribution in [0.15, 0.2) is 18.2 Å². The fourth-order valence-corrected chi connectivity index (χ4v) is 2.08. The second kappa shape index (κ2) is 3.74. The van der Waals surface area contributed by atoms with Crippen molar-refractivity contribution in [2.45, 2.75) is 18.7 Å². The minimum atomic E-state index is -0.125. The van der Waals surface area contributed by atoms with E-state index in [2.05, 4.69) is 0 Å². The van der Waals surface area contributed by atoms with Gasteiger partial charge in [-0.3, -0.25) is 4.79 Å². The summed E-state index contributed by atoms with van der Waals surface area (Å²) >= 11 is 5.91. The van der Waals surface area contributed by atoms with Crippen LogP contribution in [0, 0.1) is 6.92 Å². The van der Waals surface area contributed by atoms with E-state index in [0.29, 0.717) is 13.0 Å². The first-order valence-corrected chi connectivity index (χ1v) is 5.25. The first-order chi connectivity index (χ1) is 7.06. The average molecular weight is 226 g/mol. The molecule has 1 aromatic carbocycles. The number of alkyl halides is 1. The van der Waals surface area contributed by atoms with Crippen molar-refractivity contribution in [3.63, 3.8) is 0 Å². The molecule has 0 aliphatic carbocycles. The van der Waals surface area contributed by atoms with Crippen LogP contribution in [0.25, 0.3) is 0 Å². The lowest BCUT2D eigenvalue weighted by Crippen LogP contribution is -2.24. The number of amides is 1. The summed E-state index contributed by atoms with van der Waals surface area (Å²) in [6.07, 6.45) is 0.371. The SMILES string of the molecule is Cc1cc(O)cc(N2CC(Cl)CC2=O)c1. The molecule has 0 spiro atoms. The van der Waals surface area contributed by atoms with Crippen LogP contribution in [0.4, 0.5) is 5.69 Å². The van der Waals surface area contributed by atoms with Crippen LogP contribution in [0.3, 0.4) is 0 Å². The predicted molar refractivity (Wildman–Crippen MR) is 59.5 cm³/mol. The Hall–Kier alpha value is -1.22. The quantitative estimate of drug-likeness (QED) is 0.744. The minimum Gasteiger partial charge on any atom is -0.508 e. The molecule has 1 N–H and O–H groups in total. The van der Waals surface area contributed by atoms with E-state index in [4.69, 9.17) is 11.6 Å². The Morgan fingerprint density at radius 2 is 2.20 bits per heavy atom. The number of rotatable bonds is 1. The Labute approximate surface area is 93.3 Å². The van der Waals surface area contributed by atoms with Gasteiger partial charge < -0.3 is 10.0 Å². The largest absolute Gasteiger partial charge is 0.508 e. The summed E-state index contributed by atoms with van der Waals surface area (Å²) in [6, 6.07) is 5.11. The highest BCUT2D eigenvalue weighted by molar-refractivity contribution is 6.24. The van der Waals surface area contributed by atoms with Crippen molar-refractivity contribution in [1.82, 2.24) is 0 Å². The number of nitrogens with zero attached hydrogens (tertiary/aromatic N) is 1. The molecule has 2 rings (SSSR count). The second-order valence-corrected chi connectivity index (χ2v) is 4.45. The van der Waals surface area contributed by atoms with Gasteiger partial charge in [0.15, 0.2) is 0 Å². The molecule has 1 aliphatic heterocycles. The molecule has 1 amide bonds. The van der Waals surface area contributed by atoms with Crippen molar-refractivity contribution in [3.05, 3.63) is 23.8 Å². The number of phenols is 1. The molecule has 15 heavy (non-hydrogen) atoms. The van der Waals surface area contributed by atoms with Gasteiger partial charge in [-0.05, 0) is 24.6 Å². The molecular formula is C11H12ClNO2. The molecule has 1 saturated heterocycles. The molecule has 1 atom stereocenters. The highest BCUT2D eigenvalue weighted by atomic mass is 35.5. The summed E-state index contributed by atoms with van der Waals surface area (Å²) in [5.41, 5.74) is 1.65. The summed E-state index contributed by atoms with van der Waals surface area (Å²) in [6.45, 7) is 2.39. The van der Waals surface area contributed by atoms with E-state index in [-0.39, 0.29) is 17.0 Å². The zero-order valence-corrected chi connectivity index (χ0v) is 9.16. The van der Waals surface area contributed by atoms with Crippen molar-refractivity contribution in [1.29, 1.82) is 0 Å². The lowest BCUT2D eigenvalue weighted by molar-refractivity contribution is -0.117. The van der Waals surface area contributed by atoms with E-state index in [0.717, 1.165) is 11.3 Å². The second-order valence-electron chi connectivity index (χ2n) is 3.83. The van der Waals surface area contributed by atoms with Gasteiger partial charge in [-0.1, -0.05) is 0 Å². The zero-order chi connectivity index (χ0) is 11.0. The first kappa shape index (κ1) is 10.3. The molecule has 1 heterocycles. The Balaban J connectivity index is 2.33. The minimum absolute atomic E-state index is 0.0139. The summed E-state index contributed by atoms with van der Waals surface area (Å²) in [5.74, 6) is 0.191. The molecule has 1 aromatic rings. The number of hydrogen-bond acceptors (Lipinski definition) is 2. The van der Waals surface area contributed by atoms with Crippen molar-refractivity contribution < 1.29 is 9.90 Å². The van der Waals surface area contributed by atoms with Gasteiger partial charge in [0.05, 0.1) is 5.38 Å². The number of carbonyl (C=O) groups is 1. The monoisotopic (exact) mass is 225 g/mol. The molecule has 4 heteroatoms. The van der Waals surface area contributed by atoms with E-state index in [1.165, 1.54) is 0 Å². The van der Waals surface area contributed by atoms with Gasteiger partial charge in [0.25, 0.3) is 0 Å². The molecule has 0 aromatic heterocycles. The van der Waals surface area contributed by atoms with Gasteiger partial charge in [0, 0.05) is 24.7 Å². The van der Waals surface area contributed by atoms with Crippen LogP contribution in [-0.4, -0.2) is 22.9 Å². The summed E-state index contributed by atoms with van der Waals surface area (Å²) in [4.78, 5) is 13.2. The van der Waals surface area contributed by atoms with Crippen molar-refractivity contribution in [3.8, 4) is 5.75 Å². The number of aryl methyl sites for hydroxylation is 1. The third-order valence-corrected chi connectivity index (χ3v) is 2.73. The van der Waals surface area contributed by atoms with Crippen molar-refractivity contribution in [2.75, 3.05) is 11.4 Å². The van der Waals surface area contributed by atoms with Crippen LogP contribution in [0.2, 0.25) is 0 Å². The van der Waals surface area contributed by atoms with Crippen molar-refractivity contribution >= 4 is 23.2 Å². The normalized spacial score (nSPS) is 21.1. The maximum atomic E-state index is 11.6. The number of aromatic hydroxyl groups is 1. The Kier molecular flexibility index (Phi) is 2.57. The Morgan fingerprint density at radius 1 is 1.47 bits per heavy atom. The van der Waals surface area contributed by atoms with Gasteiger partial charge in [0.1, 0.15) is 5.75 Å². The Bertz CT molecular complexity index is 385. The molecular weight excluding hydrogens is 214 g/mol. The molecule has 1 fully saturated rings. The lowest BCUT2D eigenvalue weighted by Gasteiger charge is -2.16. The maximum Gasteiger partial charge on any atom is 0.228 e. The molecule has 0 radical (unpaired) electrons. The number of phenolic OH excluding ortho intramolecular Hbond substituents is 1. The number of hydrogen-bond donors (Lipinski definition) is 1. The van der Waals surface area contributed by atoms with Gasteiger partial charge >= 0.3 is 0 Å². The summed E-state index contributed by atoms with van der Waals surface area (Å²) in [5, 5.41) is 9.31. The standard InChI is InChI=1S/C11H12ClNO2/c1-7-2-9(5-10(14)3-7)13-6-8(12)4-11(13)15/h2-3,5,8,14H,4,6H2,1H3. The van der Waals surface area contributed by atoms with E-state index in [1.54, 1.807) is 17.0 Å². The number of anilines is 1. The maximum absolute atomic E-state index is 11.6. The fourth-order valence-electron chi connectivity index (χ4n) is 1.81. The number of halogens is 1. The van der Waals surface area contributed by atoms with E-state index in [1.807, 2.05) is 13.0 Å². The smallest absolute Gasteiger partial charge is 0.228 e. The average Bonchev–Trinajstić information content (AvgIpc) is 2.43. The highest BCUT2D eigenvalue weighted by Gasteiger charge is 2.29. The highest BCUT2D eigenvalue weighted by Crippen LogP contribution is 2.28. The fraction of sp³-hybridized carbons (Fsp3) is 0.364. The summed E-state index contributed by atoms with van der Waals surface area (Å²) < 4.78 is 0. The first-order valence-electron chi connectivity index (χ1n) is 4.81. The zero-order valence-electron chi connectivity index (χ0n) is 8.40. The van der Waals surface area contributed by atoms with Crippen LogP contribution in [0.5, 0.6) is 5.75 Å². The predicted octanol–water partition coefficient (Wildman–Crippen LogP) is 2.04. The van der Waals surface area contributed by atoms with Gasteiger partial charge in [0.2, 0.25) is 5.91 Å². The van der Waals surface area contributed by atoms with E-state index in [9.17, 15) is 9.90 Å². The Morgan fingerprint density at radius 3 is 2.73 bits per heavy atom. The molecule has 0 bridgehead atoms. The van der Waals surface area contributed by atoms with Crippen LogP contribution < -0.4 is 4.90 Å². The molecule has 3 nitrogen and oxygen atoms in total. The van der Waals surface area contributed by atoms with Crippen LogP contribution in [-0.2, 0) is 4.79 Å². The van der Waals surface area contributed by atoms with E-state index < -0.39 is 0 Å². The van der Waals surface area contributed by atoms with Gasteiger partial charge in [-0.15, -0.1) is 11.6 Å². The lowest BCUT2D eigenvalue weighted by atomic mass is 10.2. The molecule has 0 saturated carbocycles. The van der Waals surface area contributed by atoms with Crippen molar-refractivity contribution in [2.24, 2.45) is 0 Å². The van der Waals surface area contributed by atoms with Crippen LogP contribution >= 0.6 is 11.6 Å². The molecule has 1 aliphatic rings. The number of benzene rings is 1. The van der Waals surface area contributed by atoms with Gasteiger partial charge in [-0.2, -0.15) is 0 Å². The third kappa shape index (κ3) is 2.07. The van der Waals surface area contributed by atoms with Crippen LogP contribution in [0.1, 0.15) is 12.0 Å².